The molecule has 1 amide bonds. The molecule has 26 heavy (non-hydrogen) atoms. The van der Waals surface area contributed by atoms with Crippen molar-refractivity contribution in [2.24, 2.45) is 0 Å². The summed E-state index contributed by atoms with van der Waals surface area (Å²) in [5.74, 6) is -0.354. The maximum absolute atomic E-state index is 12.3. The summed E-state index contributed by atoms with van der Waals surface area (Å²) >= 11 is 5.86. The highest BCUT2D eigenvalue weighted by molar-refractivity contribution is 7.89. The van der Waals surface area contributed by atoms with Gasteiger partial charge in [-0.1, -0.05) is 17.7 Å². The van der Waals surface area contributed by atoms with Crippen molar-refractivity contribution >= 4 is 33.2 Å². The minimum absolute atomic E-state index is 0.0253. The van der Waals surface area contributed by atoms with Crippen LogP contribution in [0.15, 0.2) is 53.4 Å². The Labute approximate surface area is 156 Å². The molecule has 0 aromatic heterocycles. The van der Waals surface area contributed by atoms with E-state index in [1.165, 1.54) is 30.3 Å². The summed E-state index contributed by atoms with van der Waals surface area (Å²) in [4.78, 5) is 12.2. The number of hydrogen-bond donors (Lipinski definition) is 3. The lowest BCUT2D eigenvalue weighted by molar-refractivity contribution is -0.0686. The van der Waals surface area contributed by atoms with Crippen molar-refractivity contribution in [3.63, 3.8) is 0 Å². The van der Waals surface area contributed by atoms with Gasteiger partial charge in [-0.15, -0.1) is 0 Å². The number of sulfonamides is 1. The summed E-state index contributed by atoms with van der Waals surface area (Å²) < 4.78 is 32.0. The molecule has 2 aromatic rings. The lowest BCUT2D eigenvalue weighted by Gasteiger charge is -2.15. The Morgan fingerprint density at radius 2 is 1.92 bits per heavy atom. The molecule has 9 heteroatoms. The van der Waals surface area contributed by atoms with Crippen molar-refractivity contribution in [3.05, 3.63) is 59.1 Å². The molecule has 0 spiro atoms. The van der Waals surface area contributed by atoms with Crippen molar-refractivity contribution in [1.82, 2.24) is 4.72 Å². The number of aliphatic hydroxyl groups is 1. The maximum Gasteiger partial charge on any atom is 0.255 e. The monoisotopic (exact) mass is 396 g/mol. The number of ether oxygens (including phenoxy) is 1. The van der Waals surface area contributed by atoms with E-state index in [1.54, 1.807) is 18.2 Å². The molecule has 1 heterocycles. The first kappa shape index (κ1) is 18.8. The van der Waals surface area contributed by atoms with Gasteiger partial charge >= 0.3 is 0 Å². The van der Waals surface area contributed by atoms with Crippen LogP contribution >= 0.6 is 11.6 Å². The van der Waals surface area contributed by atoms with Crippen molar-refractivity contribution in [2.75, 3.05) is 11.9 Å². The van der Waals surface area contributed by atoms with Crippen LogP contribution < -0.4 is 10.0 Å². The van der Waals surface area contributed by atoms with Crippen LogP contribution in [0, 0.1) is 0 Å². The van der Waals surface area contributed by atoms with Gasteiger partial charge < -0.3 is 15.2 Å². The van der Waals surface area contributed by atoms with Gasteiger partial charge in [0.15, 0.2) is 6.29 Å². The molecule has 0 radical (unpaired) electrons. The number of rotatable bonds is 5. The summed E-state index contributed by atoms with van der Waals surface area (Å²) in [5.41, 5.74) is 0.837. The number of aliphatic hydroxyl groups excluding tert-OH is 1. The van der Waals surface area contributed by atoms with Gasteiger partial charge in [-0.3, -0.25) is 4.79 Å². The van der Waals surface area contributed by atoms with Crippen LogP contribution in [-0.2, 0) is 14.8 Å². The molecule has 1 aliphatic heterocycles. The second kappa shape index (κ2) is 7.73. The second-order valence-corrected chi connectivity index (χ2v) is 7.92. The van der Waals surface area contributed by atoms with Gasteiger partial charge in [-0.25, -0.2) is 13.1 Å². The van der Waals surface area contributed by atoms with Gasteiger partial charge in [0, 0.05) is 16.3 Å². The molecule has 1 fully saturated rings. The molecule has 0 saturated carbocycles. The first-order chi connectivity index (χ1) is 12.3. The fraction of sp³-hybridized carbons (Fsp3) is 0.235. The molecule has 0 unspecified atom stereocenters. The van der Waals surface area contributed by atoms with E-state index in [-0.39, 0.29) is 10.8 Å². The Kier molecular flexibility index (Phi) is 5.59. The van der Waals surface area contributed by atoms with Gasteiger partial charge in [-0.05, 0) is 48.9 Å². The zero-order valence-electron chi connectivity index (χ0n) is 13.6. The Balaban J connectivity index is 1.69. The molecule has 2 aromatic carbocycles. The van der Waals surface area contributed by atoms with E-state index in [1.807, 2.05) is 0 Å². The van der Waals surface area contributed by atoms with Gasteiger partial charge in [-0.2, -0.15) is 0 Å². The third kappa shape index (κ3) is 4.40. The van der Waals surface area contributed by atoms with E-state index in [4.69, 9.17) is 16.3 Å². The summed E-state index contributed by atoms with van der Waals surface area (Å²) in [6.45, 7) is 0.294. The average molecular weight is 397 g/mol. The predicted octanol–water partition coefficient (Wildman–Crippen LogP) is 1.98. The van der Waals surface area contributed by atoms with E-state index >= 15 is 0 Å². The van der Waals surface area contributed by atoms with Crippen molar-refractivity contribution in [2.45, 2.75) is 23.6 Å². The quantitative estimate of drug-likeness (QED) is 0.716. The number of hydrogen-bond acceptors (Lipinski definition) is 5. The van der Waals surface area contributed by atoms with Crippen LogP contribution in [0.4, 0.5) is 5.69 Å². The largest absolute Gasteiger partial charge is 0.367 e. The number of halogens is 1. The Bertz CT molecular complexity index is 902. The third-order valence-electron chi connectivity index (χ3n) is 3.88. The van der Waals surface area contributed by atoms with Gasteiger partial charge in [0.25, 0.3) is 5.91 Å². The number of carbonyl (C=O) groups is 1. The second-order valence-electron chi connectivity index (χ2n) is 5.77. The highest BCUT2D eigenvalue weighted by atomic mass is 35.5. The number of anilines is 1. The molecule has 7 nitrogen and oxygen atoms in total. The van der Waals surface area contributed by atoms with Crippen LogP contribution in [0.25, 0.3) is 0 Å². The normalized spacial score (nSPS) is 20.1. The minimum atomic E-state index is -3.80. The maximum atomic E-state index is 12.3. The van der Waals surface area contributed by atoms with Crippen LogP contribution in [-0.4, -0.2) is 38.4 Å². The van der Waals surface area contributed by atoms with Crippen molar-refractivity contribution in [3.8, 4) is 0 Å². The molecule has 0 bridgehead atoms. The van der Waals surface area contributed by atoms with Crippen LogP contribution in [0.5, 0.6) is 0 Å². The lowest BCUT2D eigenvalue weighted by Crippen LogP contribution is -2.40. The highest BCUT2D eigenvalue weighted by Gasteiger charge is 2.30. The number of amides is 1. The van der Waals surface area contributed by atoms with E-state index in [0.29, 0.717) is 29.3 Å². The van der Waals surface area contributed by atoms with E-state index in [2.05, 4.69) is 10.0 Å². The van der Waals surface area contributed by atoms with Gasteiger partial charge in [0.05, 0.1) is 17.5 Å². The fourth-order valence-electron chi connectivity index (χ4n) is 2.51. The first-order valence-corrected chi connectivity index (χ1v) is 9.70. The smallest absolute Gasteiger partial charge is 0.255 e. The van der Waals surface area contributed by atoms with Crippen molar-refractivity contribution in [1.29, 1.82) is 0 Å². The van der Waals surface area contributed by atoms with Crippen LogP contribution in [0.2, 0.25) is 5.02 Å². The van der Waals surface area contributed by atoms with Gasteiger partial charge in [0.1, 0.15) is 0 Å². The highest BCUT2D eigenvalue weighted by Crippen LogP contribution is 2.19. The topological polar surface area (TPSA) is 105 Å². The Morgan fingerprint density at radius 1 is 1.19 bits per heavy atom. The number of nitrogens with one attached hydrogen (secondary N) is 2. The summed E-state index contributed by atoms with van der Waals surface area (Å²) in [5, 5.41) is 12.7. The van der Waals surface area contributed by atoms with E-state index < -0.39 is 22.4 Å². The molecular weight excluding hydrogens is 380 g/mol. The summed E-state index contributed by atoms with van der Waals surface area (Å²) in [6, 6.07) is 11.5. The molecule has 1 saturated heterocycles. The van der Waals surface area contributed by atoms with Gasteiger partial charge in [0.2, 0.25) is 10.0 Å². The zero-order chi connectivity index (χ0) is 18.7. The zero-order valence-corrected chi connectivity index (χ0v) is 15.1. The molecule has 2 atom stereocenters. The molecule has 3 rings (SSSR count). The fourth-order valence-corrected chi connectivity index (χ4v) is 3.96. The summed E-state index contributed by atoms with van der Waals surface area (Å²) in [6.07, 6.45) is -0.755. The van der Waals surface area contributed by atoms with E-state index in [9.17, 15) is 18.3 Å². The van der Waals surface area contributed by atoms with Crippen molar-refractivity contribution < 1.29 is 23.1 Å². The molecule has 1 aliphatic rings. The average Bonchev–Trinajstić information content (AvgIpc) is 2.99. The number of carbonyl (C=O) groups excluding carboxylic acids is 1. The standard InChI is InChI=1S/C17H17ClN2O5S/c18-12-3-1-2-11(10-12)16(21)19-13-4-6-14(7-5-13)26(23,24)20-15-8-9-25-17(15)22/h1-7,10,15,17,20,22H,8-9H2,(H,19,21)/t15-,17-/m0/s1. The van der Waals surface area contributed by atoms with E-state index in [0.717, 1.165) is 0 Å². The van der Waals surface area contributed by atoms with Crippen LogP contribution in [0.1, 0.15) is 16.8 Å². The lowest BCUT2D eigenvalue weighted by atomic mass is 10.2. The minimum Gasteiger partial charge on any atom is -0.367 e. The first-order valence-electron chi connectivity index (χ1n) is 7.84. The predicted molar refractivity (Wildman–Crippen MR) is 96.5 cm³/mol. The SMILES string of the molecule is O=C(Nc1ccc(S(=O)(=O)N[C@H]2CCO[C@@H]2O)cc1)c1cccc(Cl)c1. The van der Waals surface area contributed by atoms with Crippen LogP contribution in [0.3, 0.4) is 0 Å². The Hall–Kier alpha value is -1.97. The molecular formula is C17H17ClN2O5S. The molecule has 138 valence electrons. The molecule has 3 N–H and O–H groups in total. The third-order valence-corrected chi connectivity index (χ3v) is 5.62. The summed E-state index contributed by atoms with van der Waals surface area (Å²) in [7, 11) is -3.80. The Morgan fingerprint density at radius 3 is 2.54 bits per heavy atom. The number of benzene rings is 2. The molecule has 0 aliphatic carbocycles.